The average molecular weight is 273 g/mol. The maximum atomic E-state index is 13.2. The molecule has 1 unspecified atom stereocenters. The van der Waals surface area contributed by atoms with Gasteiger partial charge in [0.25, 0.3) is 0 Å². The van der Waals surface area contributed by atoms with Crippen molar-refractivity contribution in [3.8, 4) is 0 Å². The van der Waals surface area contributed by atoms with E-state index in [4.69, 9.17) is 0 Å². The molecule has 0 aliphatic rings. The average Bonchev–Trinajstić information content (AvgIpc) is 2.21. The van der Waals surface area contributed by atoms with E-state index in [1.165, 1.54) is 6.07 Å². The summed E-state index contributed by atoms with van der Waals surface area (Å²) in [6.07, 6.45) is 1.45. The Balaban J connectivity index is 2.78. The van der Waals surface area contributed by atoms with E-state index in [9.17, 15) is 9.18 Å². The van der Waals surface area contributed by atoms with Crippen molar-refractivity contribution in [1.82, 2.24) is 0 Å². The van der Waals surface area contributed by atoms with Crippen molar-refractivity contribution in [3.05, 3.63) is 34.1 Å². The summed E-state index contributed by atoms with van der Waals surface area (Å²) in [4.78, 5) is 11.7. The molecule has 0 aliphatic carbocycles. The van der Waals surface area contributed by atoms with Crippen molar-refractivity contribution in [2.75, 3.05) is 0 Å². The summed E-state index contributed by atoms with van der Waals surface area (Å²) in [7, 11) is 0. The van der Waals surface area contributed by atoms with Crippen molar-refractivity contribution in [2.45, 2.75) is 26.7 Å². The van der Waals surface area contributed by atoms with E-state index >= 15 is 0 Å². The van der Waals surface area contributed by atoms with Crippen LogP contribution in [0.1, 0.15) is 37.0 Å². The Hall–Kier alpha value is -0.700. The minimum absolute atomic E-state index is 0.00995. The molecule has 1 nitrogen and oxygen atoms in total. The number of ketones is 1. The molecule has 0 bridgehead atoms. The van der Waals surface area contributed by atoms with Crippen LogP contribution in [0.5, 0.6) is 0 Å². The molecule has 1 aromatic carbocycles. The lowest BCUT2D eigenvalue weighted by Gasteiger charge is -2.07. The molecule has 0 radical (unpaired) electrons. The molecule has 0 aliphatic heterocycles. The highest BCUT2D eigenvalue weighted by atomic mass is 79.9. The van der Waals surface area contributed by atoms with E-state index in [0.29, 0.717) is 22.4 Å². The third-order valence-electron chi connectivity index (χ3n) is 2.47. The third kappa shape index (κ3) is 3.42. The summed E-state index contributed by atoms with van der Waals surface area (Å²) in [6, 6.07) is 4.51. The zero-order chi connectivity index (χ0) is 11.4. The highest BCUT2D eigenvalue weighted by Gasteiger charge is 2.11. The number of rotatable bonds is 4. The third-order valence-corrected chi connectivity index (χ3v) is 3.12. The summed E-state index contributed by atoms with van der Waals surface area (Å²) in [5, 5.41) is 0. The number of carbonyl (C=O) groups excluding carboxylic acids is 1. The summed E-state index contributed by atoms with van der Waals surface area (Å²) < 4.78 is 13.6. The number of hydrogen-bond acceptors (Lipinski definition) is 1. The number of halogens is 2. The van der Waals surface area contributed by atoms with E-state index in [1.54, 1.807) is 12.1 Å². The van der Waals surface area contributed by atoms with Crippen molar-refractivity contribution >= 4 is 21.7 Å². The predicted octanol–water partition coefficient (Wildman–Crippen LogP) is 4.21. The Morgan fingerprint density at radius 3 is 2.73 bits per heavy atom. The van der Waals surface area contributed by atoms with E-state index < -0.39 is 0 Å². The largest absolute Gasteiger partial charge is 0.294 e. The fourth-order valence-electron chi connectivity index (χ4n) is 1.25. The van der Waals surface area contributed by atoms with E-state index in [2.05, 4.69) is 15.9 Å². The van der Waals surface area contributed by atoms with E-state index in [0.717, 1.165) is 6.42 Å². The molecule has 3 heteroatoms. The van der Waals surface area contributed by atoms with Gasteiger partial charge >= 0.3 is 0 Å². The van der Waals surface area contributed by atoms with Gasteiger partial charge in [-0.25, -0.2) is 4.39 Å². The van der Waals surface area contributed by atoms with Crippen molar-refractivity contribution in [3.63, 3.8) is 0 Å². The van der Waals surface area contributed by atoms with E-state index in [1.807, 2.05) is 13.8 Å². The quantitative estimate of drug-likeness (QED) is 0.751. The molecule has 1 rings (SSSR count). The summed E-state index contributed by atoms with van der Waals surface area (Å²) in [6.45, 7) is 4.06. The molecule has 82 valence electrons. The molecule has 1 atom stereocenters. The van der Waals surface area contributed by atoms with E-state index in [-0.39, 0.29) is 11.6 Å². The molecule has 0 saturated heterocycles. The van der Waals surface area contributed by atoms with Crippen molar-refractivity contribution < 1.29 is 9.18 Å². The van der Waals surface area contributed by atoms with Gasteiger partial charge < -0.3 is 0 Å². The summed E-state index contributed by atoms with van der Waals surface area (Å²) in [5.74, 6) is -0.0232. The zero-order valence-corrected chi connectivity index (χ0v) is 10.5. The van der Waals surface area contributed by atoms with Crippen molar-refractivity contribution in [1.29, 1.82) is 0 Å². The van der Waals surface area contributed by atoms with Crippen molar-refractivity contribution in [2.24, 2.45) is 5.92 Å². The Morgan fingerprint density at radius 1 is 1.53 bits per heavy atom. The van der Waals surface area contributed by atoms with Gasteiger partial charge in [0.15, 0.2) is 5.78 Å². The smallest absolute Gasteiger partial charge is 0.163 e. The molecule has 0 heterocycles. The lowest BCUT2D eigenvalue weighted by molar-refractivity contribution is 0.0963. The number of Topliss-reactive ketones (excluding diaryl/α,β-unsaturated/α-hetero) is 1. The van der Waals surface area contributed by atoms with Gasteiger partial charge in [-0.2, -0.15) is 0 Å². The van der Waals surface area contributed by atoms with Gasteiger partial charge in [-0.3, -0.25) is 4.79 Å². The first-order valence-corrected chi connectivity index (χ1v) is 5.82. The van der Waals surface area contributed by atoms with Gasteiger partial charge in [-0.1, -0.05) is 26.3 Å². The van der Waals surface area contributed by atoms with Crippen LogP contribution >= 0.6 is 15.9 Å². The fourth-order valence-corrected chi connectivity index (χ4v) is 1.49. The Kier molecular flexibility index (Phi) is 4.45. The van der Waals surface area contributed by atoms with Crippen LogP contribution in [0.25, 0.3) is 0 Å². The predicted molar refractivity (Wildman–Crippen MR) is 62.5 cm³/mol. The minimum Gasteiger partial charge on any atom is -0.294 e. The molecule has 0 saturated carbocycles. The standard InChI is InChI=1S/C12H14BrFO/c1-3-8(2)6-12(15)9-4-5-10(13)11(14)7-9/h4-5,7-8H,3,6H2,1-2H3. The Labute approximate surface area is 97.8 Å². The van der Waals surface area contributed by atoms with Crippen LogP contribution in [0, 0.1) is 11.7 Å². The number of benzene rings is 1. The second-order valence-electron chi connectivity index (χ2n) is 3.77. The molecule has 1 aromatic rings. The molecule has 0 amide bonds. The topological polar surface area (TPSA) is 17.1 Å². The second-order valence-corrected chi connectivity index (χ2v) is 4.62. The van der Waals surface area contributed by atoms with Crippen LogP contribution in [0.4, 0.5) is 4.39 Å². The number of hydrogen-bond donors (Lipinski definition) is 0. The highest BCUT2D eigenvalue weighted by Crippen LogP contribution is 2.19. The second kappa shape index (κ2) is 5.40. The monoisotopic (exact) mass is 272 g/mol. The SMILES string of the molecule is CCC(C)CC(=O)c1ccc(Br)c(F)c1. The molecule has 15 heavy (non-hydrogen) atoms. The molecule has 0 N–H and O–H groups in total. The molecule has 0 fully saturated rings. The van der Waals surface area contributed by atoms with Gasteiger partial charge in [0, 0.05) is 12.0 Å². The van der Waals surface area contributed by atoms with Gasteiger partial charge in [-0.15, -0.1) is 0 Å². The molecular weight excluding hydrogens is 259 g/mol. The maximum Gasteiger partial charge on any atom is 0.163 e. The van der Waals surface area contributed by atoms with Crippen LogP contribution in [0.3, 0.4) is 0 Å². The fraction of sp³-hybridized carbons (Fsp3) is 0.417. The van der Waals surface area contributed by atoms with Crippen LogP contribution in [-0.4, -0.2) is 5.78 Å². The summed E-state index contributed by atoms with van der Waals surface area (Å²) >= 11 is 3.06. The first-order valence-electron chi connectivity index (χ1n) is 5.02. The van der Waals surface area contributed by atoms with Crippen LogP contribution < -0.4 is 0 Å². The zero-order valence-electron chi connectivity index (χ0n) is 8.89. The molecular formula is C12H14BrFO. The van der Waals surface area contributed by atoms with Crippen LogP contribution in [0.2, 0.25) is 0 Å². The lowest BCUT2D eigenvalue weighted by Crippen LogP contribution is -2.05. The maximum absolute atomic E-state index is 13.2. The summed E-state index contributed by atoms with van der Waals surface area (Å²) in [5.41, 5.74) is 0.455. The van der Waals surface area contributed by atoms with Crippen LogP contribution in [0.15, 0.2) is 22.7 Å². The van der Waals surface area contributed by atoms with Gasteiger partial charge in [-0.05, 0) is 34.0 Å². The van der Waals surface area contributed by atoms with Gasteiger partial charge in [0.1, 0.15) is 5.82 Å². The lowest BCUT2D eigenvalue weighted by atomic mass is 9.98. The van der Waals surface area contributed by atoms with Gasteiger partial charge in [0.2, 0.25) is 0 Å². The highest BCUT2D eigenvalue weighted by molar-refractivity contribution is 9.10. The first-order chi connectivity index (χ1) is 7.04. The Bertz CT molecular complexity index is 363. The number of carbonyl (C=O) groups is 1. The van der Waals surface area contributed by atoms with Crippen LogP contribution in [-0.2, 0) is 0 Å². The van der Waals surface area contributed by atoms with Gasteiger partial charge in [0.05, 0.1) is 4.47 Å². The Morgan fingerprint density at radius 2 is 2.20 bits per heavy atom. The minimum atomic E-state index is -0.384. The first kappa shape index (κ1) is 12.4. The molecule has 0 spiro atoms. The molecule has 0 aromatic heterocycles. The normalized spacial score (nSPS) is 12.5.